The van der Waals surface area contributed by atoms with Gasteiger partial charge >= 0.3 is 0 Å². The maximum absolute atomic E-state index is 12.8. The van der Waals surface area contributed by atoms with Gasteiger partial charge in [-0.25, -0.2) is 8.42 Å². The molecule has 0 unspecified atom stereocenters. The first-order valence-corrected chi connectivity index (χ1v) is 13.1. The molecular formula is C22H23ClN2O5S2. The Labute approximate surface area is 196 Å². The summed E-state index contributed by atoms with van der Waals surface area (Å²) in [6.45, 7) is 0.395. The van der Waals surface area contributed by atoms with Crippen molar-refractivity contribution in [1.29, 1.82) is 0 Å². The Morgan fingerprint density at radius 3 is 2.62 bits per heavy atom. The van der Waals surface area contributed by atoms with Crippen LogP contribution < -0.4 is 9.47 Å². The number of rotatable bonds is 6. The quantitative estimate of drug-likeness (QED) is 0.609. The Balaban J connectivity index is 1.57. The second-order valence-corrected chi connectivity index (χ2v) is 11.4. The zero-order valence-corrected chi connectivity index (χ0v) is 20.0. The number of carbonyl (C=O) groups excluding carboxylic acids is 1. The number of amides is 1. The first kappa shape index (κ1) is 22.9. The van der Waals surface area contributed by atoms with Gasteiger partial charge in [0.15, 0.2) is 26.5 Å². The molecule has 2 atom stereocenters. The second-order valence-electron chi connectivity index (χ2n) is 7.67. The van der Waals surface area contributed by atoms with Crippen LogP contribution in [0.5, 0.6) is 11.5 Å². The fraction of sp³-hybridized carbons (Fsp3) is 0.364. The van der Waals surface area contributed by atoms with Crippen LogP contribution in [0.2, 0.25) is 5.02 Å². The van der Waals surface area contributed by atoms with Crippen LogP contribution in [0.15, 0.2) is 47.5 Å². The number of sulfone groups is 1. The summed E-state index contributed by atoms with van der Waals surface area (Å²) < 4.78 is 34.9. The largest absolute Gasteiger partial charge is 0.493 e. The van der Waals surface area contributed by atoms with E-state index in [9.17, 15) is 13.2 Å². The molecule has 170 valence electrons. The standard InChI is InChI=1S/C22H23ClN2O5S2/c1-29-18-8-7-14(9-19(18)30-2)10-21(26)24-22-25(11-15-5-3-4-6-16(15)23)17-12-32(27,28)13-20(17)31-22/h3-9,17,20H,10-13H2,1-2H3/t17-,20-/m1/s1. The van der Waals surface area contributed by atoms with E-state index in [2.05, 4.69) is 4.99 Å². The number of carbonyl (C=O) groups is 1. The molecule has 0 aromatic heterocycles. The van der Waals surface area contributed by atoms with E-state index < -0.39 is 9.84 Å². The minimum atomic E-state index is -3.12. The van der Waals surface area contributed by atoms with E-state index in [4.69, 9.17) is 21.1 Å². The van der Waals surface area contributed by atoms with Crippen molar-refractivity contribution >= 4 is 44.3 Å². The highest BCUT2D eigenvalue weighted by Crippen LogP contribution is 2.39. The number of thioether (sulfide) groups is 1. The van der Waals surface area contributed by atoms with Gasteiger partial charge in [-0.3, -0.25) is 4.79 Å². The third-order valence-electron chi connectivity index (χ3n) is 5.50. The van der Waals surface area contributed by atoms with Crippen molar-refractivity contribution in [3.63, 3.8) is 0 Å². The van der Waals surface area contributed by atoms with Crippen LogP contribution in [-0.4, -0.2) is 61.4 Å². The number of aliphatic imine (C=N–C) groups is 1. The monoisotopic (exact) mass is 494 g/mol. The van der Waals surface area contributed by atoms with Crippen molar-refractivity contribution in [2.24, 2.45) is 4.99 Å². The highest BCUT2D eigenvalue weighted by Gasteiger charge is 2.48. The van der Waals surface area contributed by atoms with Gasteiger partial charge in [0.05, 0.1) is 38.2 Å². The van der Waals surface area contributed by atoms with Crippen molar-refractivity contribution in [2.45, 2.75) is 24.3 Å². The number of halogens is 1. The molecule has 1 amide bonds. The van der Waals surface area contributed by atoms with E-state index in [1.165, 1.54) is 18.9 Å². The minimum absolute atomic E-state index is 0.0536. The number of fused-ring (bicyclic) bond motifs is 1. The van der Waals surface area contributed by atoms with Crippen LogP contribution in [0.25, 0.3) is 0 Å². The molecule has 0 bridgehead atoms. The summed E-state index contributed by atoms with van der Waals surface area (Å²) in [4.78, 5) is 19.1. The van der Waals surface area contributed by atoms with Gasteiger partial charge < -0.3 is 14.4 Å². The maximum atomic E-state index is 12.8. The van der Waals surface area contributed by atoms with E-state index in [-0.39, 0.29) is 35.1 Å². The normalized spacial score (nSPS) is 22.7. The molecule has 4 rings (SSSR count). The first-order chi connectivity index (χ1) is 15.3. The van der Waals surface area contributed by atoms with Crippen molar-refractivity contribution in [1.82, 2.24) is 4.90 Å². The third-order valence-corrected chi connectivity index (χ3v) is 9.11. The smallest absolute Gasteiger partial charge is 0.252 e. The number of hydrogen-bond donors (Lipinski definition) is 0. The molecule has 2 fully saturated rings. The van der Waals surface area contributed by atoms with Crippen molar-refractivity contribution in [3.8, 4) is 11.5 Å². The molecule has 0 radical (unpaired) electrons. The Bertz CT molecular complexity index is 1170. The summed E-state index contributed by atoms with van der Waals surface area (Å²) in [6.07, 6.45) is 0.0952. The lowest BCUT2D eigenvalue weighted by molar-refractivity contribution is -0.117. The molecule has 2 aromatic rings. The van der Waals surface area contributed by atoms with E-state index in [1.807, 2.05) is 23.1 Å². The highest BCUT2D eigenvalue weighted by atomic mass is 35.5. The van der Waals surface area contributed by atoms with Gasteiger partial charge in [0, 0.05) is 16.8 Å². The fourth-order valence-electron chi connectivity index (χ4n) is 3.94. The molecule has 10 heteroatoms. The van der Waals surface area contributed by atoms with Crippen LogP contribution in [0.1, 0.15) is 11.1 Å². The molecule has 2 saturated heterocycles. The van der Waals surface area contributed by atoms with Gasteiger partial charge in [-0.1, -0.05) is 47.6 Å². The predicted octanol–water partition coefficient (Wildman–Crippen LogP) is 3.20. The first-order valence-electron chi connectivity index (χ1n) is 9.99. The summed E-state index contributed by atoms with van der Waals surface area (Å²) in [6, 6.07) is 12.5. The molecule has 2 aliphatic heterocycles. The molecule has 0 saturated carbocycles. The Kier molecular flexibility index (Phi) is 6.69. The van der Waals surface area contributed by atoms with Crippen molar-refractivity contribution < 1.29 is 22.7 Å². The summed E-state index contributed by atoms with van der Waals surface area (Å²) in [5, 5.41) is 0.994. The van der Waals surface area contributed by atoms with Crippen LogP contribution in [0.4, 0.5) is 0 Å². The maximum Gasteiger partial charge on any atom is 0.252 e. The molecule has 7 nitrogen and oxygen atoms in total. The Morgan fingerprint density at radius 2 is 1.91 bits per heavy atom. The van der Waals surface area contributed by atoms with E-state index in [0.717, 1.165) is 11.1 Å². The molecule has 2 aromatic carbocycles. The minimum Gasteiger partial charge on any atom is -0.493 e. The second kappa shape index (κ2) is 9.33. The van der Waals surface area contributed by atoms with Crippen LogP contribution in [0, 0.1) is 0 Å². The molecule has 0 N–H and O–H groups in total. The van der Waals surface area contributed by atoms with E-state index >= 15 is 0 Å². The summed E-state index contributed by atoms with van der Waals surface area (Å²) >= 11 is 7.69. The number of nitrogens with zero attached hydrogens (tertiary/aromatic N) is 2. The number of methoxy groups -OCH3 is 2. The molecule has 32 heavy (non-hydrogen) atoms. The Hall–Kier alpha value is -2.23. The van der Waals surface area contributed by atoms with Gasteiger partial charge in [0.25, 0.3) is 5.91 Å². The number of hydrogen-bond acceptors (Lipinski definition) is 6. The topological polar surface area (TPSA) is 85.3 Å². The van der Waals surface area contributed by atoms with Crippen molar-refractivity contribution in [2.75, 3.05) is 25.7 Å². The average molecular weight is 495 g/mol. The van der Waals surface area contributed by atoms with E-state index in [0.29, 0.717) is 28.2 Å². The van der Waals surface area contributed by atoms with Gasteiger partial charge in [-0.2, -0.15) is 4.99 Å². The van der Waals surface area contributed by atoms with Crippen LogP contribution >= 0.6 is 23.4 Å². The summed E-state index contributed by atoms with van der Waals surface area (Å²) in [5.41, 5.74) is 1.61. The third kappa shape index (κ3) is 4.89. The van der Waals surface area contributed by atoms with Gasteiger partial charge in [0.2, 0.25) is 0 Å². The van der Waals surface area contributed by atoms with Gasteiger partial charge in [-0.15, -0.1) is 0 Å². The van der Waals surface area contributed by atoms with E-state index in [1.54, 1.807) is 31.4 Å². The molecule has 0 spiro atoms. The lowest BCUT2D eigenvalue weighted by Crippen LogP contribution is -2.37. The molecule has 0 aliphatic carbocycles. The summed E-state index contributed by atoms with van der Waals surface area (Å²) in [5.74, 6) is 0.955. The number of benzene rings is 2. The number of amidine groups is 1. The van der Waals surface area contributed by atoms with Gasteiger partial charge in [0.1, 0.15) is 0 Å². The lowest BCUT2D eigenvalue weighted by Gasteiger charge is -2.25. The molecule has 2 aliphatic rings. The lowest BCUT2D eigenvalue weighted by atomic mass is 10.1. The highest BCUT2D eigenvalue weighted by molar-refractivity contribution is 8.15. The SMILES string of the molecule is COc1ccc(CC(=O)N=C2S[C@@H]3CS(=O)(=O)C[C@H]3N2Cc2ccccc2Cl)cc1OC. The number of ether oxygens (including phenoxy) is 2. The van der Waals surface area contributed by atoms with Crippen LogP contribution in [-0.2, 0) is 27.6 Å². The van der Waals surface area contributed by atoms with Gasteiger partial charge in [-0.05, 0) is 29.3 Å². The zero-order chi connectivity index (χ0) is 22.9. The fourth-order valence-corrected chi connectivity index (χ4v) is 8.11. The Morgan fingerprint density at radius 1 is 1.16 bits per heavy atom. The average Bonchev–Trinajstić information content (AvgIpc) is 3.21. The van der Waals surface area contributed by atoms with Crippen molar-refractivity contribution in [3.05, 3.63) is 58.6 Å². The van der Waals surface area contributed by atoms with Crippen LogP contribution in [0.3, 0.4) is 0 Å². The zero-order valence-electron chi connectivity index (χ0n) is 17.7. The molecule has 2 heterocycles. The summed E-state index contributed by atoms with van der Waals surface area (Å²) in [7, 11) is -0.0246. The predicted molar refractivity (Wildman–Crippen MR) is 127 cm³/mol. The molecular weight excluding hydrogens is 472 g/mol.